The lowest BCUT2D eigenvalue weighted by Crippen LogP contribution is -2.35. The predicted molar refractivity (Wildman–Crippen MR) is 67.7 cm³/mol. The van der Waals surface area contributed by atoms with Crippen molar-refractivity contribution < 1.29 is 9.90 Å². The molecule has 1 N–H and O–H groups in total. The molecule has 0 aliphatic rings. The van der Waals surface area contributed by atoms with E-state index in [1.165, 1.54) is 11.3 Å². The van der Waals surface area contributed by atoms with E-state index in [0.717, 1.165) is 5.01 Å². The van der Waals surface area contributed by atoms with Gasteiger partial charge in [0.1, 0.15) is 5.01 Å². The summed E-state index contributed by atoms with van der Waals surface area (Å²) in [6, 6.07) is 0. The van der Waals surface area contributed by atoms with E-state index in [-0.39, 0.29) is 5.92 Å². The standard InChI is InChI=1S/C11H16N4O2S/c1-6(2)11(4,9(16)17)5-8-14-15-7(3)12-13-10(15)18-8/h6H,5H2,1-4H3,(H,16,17). The SMILES string of the molecule is Cc1nnc2sc(CC(C)(C(=O)O)C(C)C)nn12. The zero-order chi connectivity index (χ0) is 13.5. The summed E-state index contributed by atoms with van der Waals surface area (Å²) in [6.07, 6.45) is 0.410. The highest BCUT2D eigenvalue weighted by molar-refractivity contribution is 7.16. The van der Waals surface area contributed by atoms with Crippen molar-refractivity contribution in [3.63, 3.8) is 0 Å². The van der Waals surface area contributed by atoms with Gasteiger partial charge in [-0.2, -0.15) is 9.61 Å². The number of nitrogens with zero attached hydrogens (tertiary/aromatic N) is 4. The van der Waals surface area contributed by atoms with E-state index < -0.39 is 11.4 Å². The Balaban J connectivity index is 2.34. The maximum Gasteiger partial charge on any atom is 0.310 e. The minimum Gasteiger partial charge on any atom is -0.481 e. The van der Waals surface area contributed by atoms with Gasteiger partial charge in [-0.25, -0.2) is 0 Å². The highest BCUT2D eigenvalue weighted by Gasteiger charge is 2.38. The van der Waals surface area contributed by atoms with Crippen molar-refractivity contribution in [3.8, 4) is 0 Å². The van der Waals surface area contributed by atoms with Crippen LogP contribution in [0.2, 0.25) is 0 Å². The fourth-order valence-electron chi connectivity index (χ4n) is 1.67. The first-order valence-electron chi connectivity index (χ1n) is 5.75. The van der Waals surface area contributed by atoms with E-state index in [4.69, 9.17) is 0 Å². The molecule has 6 nitrogen and oxygen atoms in total. The molecule has 0 spiro atoms. The van der Waals surface area contributed by atoms with Crippen LogP contribution in [0.5, 0.6) is 0 Å². The highest BCUT2D eigenvalue weighted by atomic mass is 32.1. The number of aliphatic carboxylic acids is 1. The van der Waals surface area contributed by atoms with Gasteiger partial charge in [0.05, 0.1) is 5.41 Å². The zero-order valence-electron chi connectivity index (χ0n) is 10.8. The molecule has 98 valence electrons. The summed E-state index contributed by atoms with van der Waals surface area (Å²) in [4.78, 5) is 12.1. The Morgan fingerprint density at radius 2 is 2.17 bits per heavy atom. The third-order valence-electron chi connectivity index (χ3n) is 3.47. The van der Waals surface area contributed by atoms with Crippen molar-refractivity contribution >= 4 is 22.3 Å². The lowest BCUT2D eigenvalue weighted by molar-refractivity contribution is -0.150. The predicted octanol–water partition coefficient (Wildman–Crippen LogP) is 1.78. The van der Waals surface area contributed by atoms with Gasteiger partial charge in [-0.15, -0.1) is 10.2 Å². The molecule has 0 amide bonds. The minimum atomic E-state index is -0.808. The van der Waals surface area contributed by atoms with E-state index in [2.05, 4.69) is 15.3 Å². The molecule has 0 saturated heterocycles. The summed E-state index contributed by atoms with van der Waals surface area (Å²) in [7, 11) is 0. The van der Waals surface area contributed by atoms with E-state index >= 15 is 0 Å². The monoisotopic (exact) mass is 268 g/mol. The molecule has 0 fully saturated rings. The zero-order valence-corrected chi connectivity index (χ0v) is 11.7. The summed E-state index contributed by atoms with van der Waals surface area (Å²) in [5.41, 5.74) is -0.808. The van der Waals surface area contributed by atoms with Crippen LogP contribution in [0.1, 0.15) is 31.6 Å². The molecule has 0 radical (unpaired) electrons. The van der Waals surface area contributed by atoms with Gasteiger partial charge >= 0.3 is 5.97 Å². The third-order valence-corrected chi connectivity index (χ3v) is 4.37. The normalized spacial score (nSPS) is 15.2. The first kappa shape index (κ1) is 12.9. The fraction of sp³-hybridized carbons (Fsp3) is 0.636. The molecule has 2 aromatic rings. The average Bonchev–Trinajstić information content (AvgIpc) is 2.80. The average molecular weight is 268 g/mol. The number of aromatic nitrogens is 4. The Hall–Kier alpha value is -1.50. The lowest BCUT2D eigenvalue weighted by atomic mass is 9.76. The van der Waals surface area contributed by atoms with Crippen LogP contribution >= 0.6 is 11.3 Å². The van der Waals surface area contributed by atoms with Crippen LogP contribution in [0.25, 0.3) is 4.96 Å². The highest BCUT2D eigenvalue weighted by Crippen LogP contribution is 2.33. The molecule has 0 bridgehead atoms. The minimum absolute atomic E-state index is 0.0328. The van der Waals surface area contributed by atoms with Crippen LogP contribution in [0.4, 0.5) is 0 Å². The summed E-state index contributed by atoms with van der Waals surface area (Å²) >= 11 is 1.39. The summed E-state index contributed by atoms with van der Waals surface area (Å²) in [5, 5.41) is 22.4. The van der Waals surface area contributed by atoms with Crippen LogP contribution in [0.15, 0.2) is 0 Å². The van der Waals surface area contributed by atoms with Crippen molar-refractivity contribution in [2.75, 3.05) is 0 Å². The molecule has 7 heteroatoms. The van der Waals surface area contributed by atoms with E-state index in [0.29, 0.717) is 17.2 Å². The Morgan fingerprint density at radius 3 is 2.67 bits per heavy atom. The van der Waals surface area contributed by atoms with Crippen molar-refractivity contribution in [1.29, 1.82) is 0 Å². The lowest BCUT2D eigenvalue weighted by Gasteiger charge is -2.27. The van der Waals surface area contributed by atoms with Crippen LogP contribution in [-0.2, 0) is 11.2 Å². The molecule has 2 heterocycles. The van der Waals surface area contributed by atoms with Gasteiger partial charge in [0.15, 0.2) is 5.82 Å². The topological polar surface area (TPSA) is 80.4 Å². The van der Waals surface area contributed by atoms with E-state index in [1.54, 1.807) is 11.4 Å². The van der Waals surface area contributed by atoms with Gasteiger partial charge in [-0.3, -0.25) is 4.79 Å². The number of rotatable bonds is 4. The number of fused-ring (bicyclic) bond motifs is 1. The number of aryl methyl sites for hydroxylation is 1. The molecule has 18 heavy (non-hydrogen) atoms. The second kappa shape index (κ2) is 4.31. The van der Waals surface area contributed by atoms with Gasteiger partial charge in [-0.1, -0.05) is 25.2 Å². The second-order valence-electron chi connectivity index (χ2n) is 4.99. The second-order valence-corrected chi connectivity index (χ2v) is 6.03. The van der Waals surface area contributed by atoms with Crippen LogP contribution in [0, 0.1) is 18.3 Å². The van der Waals surface area contributed by atoms with Crippen molar-refractivity contribution in [1.82, 2.24) is 19.8 Å². The Morgan fingerprint density at radius 1 is 1.50 bits per heavy atom. The maximum absolute atomic E-state index is 11.4. The first-order valence-corrected chi connectivity index (χ1v) is 6.57. The molecular formula is C11H16N4O2S. The third kappa shape index (κ3) is 1.98. The van der Waals surface area contributed by atoms with Gasteiger partial charge in [0.25, 0.3) is 0 Å². The smallest absolute Gasteiger partial charge is 0.310 e. The van der Waals surface area contributed by atoms with Gasteiger partial charge in [0, 0.05) is 6.42 Å². The van der Waals surface area contributed by atoms with Gasteiger partial charge in [-0.05, 0) is 19.8 Å². The molecular weight excluding hydrogens is 252 g/mol. The van der Waals surface area contributed by atoms with Crippen molar-refractivity contribution in [3.05, 3.63) is 10.8 Å². The number of carbonyl (C=O) groups is 1. The van der Waals surface area contributed by atoms with Gasteiger partial charge < -0.3 is 5.11 Å². The largest absolute Gasteiger partial charge is 0.481 e. The van der Waals surface area contributed by atoms with E-state index in [1.807, 2.05) is 20.8 Å². The van der Waals surface area contributed by atoms with E-state index in [9.17, 15) is 9.90 Å². The van der Waals surface area contributed by atoms with Crippen molar-refractivity contribution in [2.24, 2.45) is 11.3 Å². The molecule has 1 unspecified atom stereocenters. The summed E-state index contributed by atoms with van der Waals surface area (Å²) in [5.74, 6) is -0.0419. The molecule has 0 aliphatic heterocycles. The fourth-order valence-corrected chi connectivity index (χ4v) is 2.71. The Labute approximate surface area is 109 Å². The quantitative estimate of drug-likeness (QED) is 0.914. The maximum atomic E-state index is 11.4. The molecule has 0 saturated carbocycles. The Kier molecular flexibility index (Phi) is 3.10. The van der Waals surface area contributed by atoms with Crippen molar-refractivity contribution in [2.45, 2.75) is 34.1 Å². The van der Waals surface area contributed by atoms with Crippen LogP contribution in [-0.4, -0.2) is 30.9 Å². The number of carboxylic acids is 1. The summed E-state index contributed by atoms with van der Waals surface area (Å²) < 4.78 is 1.66. The summed E-state index contributed by atoms with van der Waals surface area (Å²) in [6.45, 7) is 7.41. The Bertz CT molecular complexity index is 589. The van der Waals surface area contributed by atoms with Gasteiger partial charge in [0.2, 0.25) is 4.96 Å². The number of hydrogen-bond donors (Lipinski definition) is 1. The first-order chi connectivity index (χ1) is 8.34. The molecule has 0 aromatic carbocycles. The molecule has 2 rings (SSSR count). The number of carboxylic acid groups (broad SMARTS) is 1. The van der Waals surface area contributed by atoms with Crippen LogP contribution < -0.4 is 0 Å². The van der Waals surface area contributed by atoms with Crippen LogP contribution in [0.3, 0.4) is 0 Å². The molecule has 2 aromatic heterocycles. The molecule has 1 atom stereocenters. The molecule has 0 aliphatic carbocycles. The number of hydrogen-bond acceptors (Lipinski definition) is 5.